The van der Waals surface area contributed by atoms with Crippen LogP contribution in [0.25, 0.3) is 0 Å². The molecule has 0 aromatic carbocycles. The van der Waals surface area contributed by atoms with E-state index in [1.807, 2.05) is 30.5 Å². The summed E-state index contributed by atoms with van der Waals surface area (Å²) in [5.41, 5.74) is 0. The van der Waals surface area contributed by atoms with Crippen LogP contribution in [0, 0.1) is 0 Å². The first-order valence-electron chi connectivity index (χ1n) is 7.09. The first-order valence-corrected chi connectivity index (χ1v) is 8.07. The number of hydrogen-bond donors (Lipinski definition) is 0. The molecule has 1 aliphatic carbocycles. The molecule has 1 aromatic rings. The molecule has 100 valence electrons. The Labute approximate surface area is 114 Å². The van der Waals surface area contributed by atoms with Gasteiger partial charge in [-0.25, -0.2) is 4.98 Å². The summed E-state index contributed by atoms with van der Waals surface area (Å²) in [4.78, 5) is 9.09. The van der Waals surface area contributed by atoms with Crippen molar-refractivity contribution < 1.29 is 0 Å². The first kappa shape index (κ1) is 13.7. The fourth-order valence-electron chi connectivity index (χ4n) is 2.22. The summed E-state index contributed by atoms with van der Waals surface area (Å²) in [5, 5.41) is 1.13. The standard InChI is InChI=1S/C14H23N3S/c1-2-3-11-18-14(17-10-9-15-12-17)16-13-7-5-4-6-8-13/h9-10,12-13H,2-8,11H2,1H3/b16-14+. The van der Waals surface area contributed by atoms with Crippen molar-refractivity contribution >= 4 is 16.9 Å². The van der Waals surface area contributed by atoms with Gasteiger partial charge in [-0.2, -0.15) is 0 Å². The number of thioether (sulfide) groups is 1. The fourth-order valence-corrected chi connectivity index (χ4v) is 3.32. The second kappa shape index (κ2) is 7.62. The van der Waals surface area contributed by atoms with E-state index in [4.69, 9.17) is 4.99 Å². The number of unbranched alkanes of at least 4 members (excludes halogenated alkanes) is 1. The van der Waals surface area contributed by atoms with E-state index in [1.165, 1.54) is 44.9 Å². The average molecular weight is 265 g/mol. The molecule has 1 fully saturated rings. The zero-order chi connectivity index (χ0) is 12.6. The van der Waals surface area contributed by atoms with Gasteiger partial charge in [-0.1, -0.05) is 44.4 Å². The monoisotopic (exact) mass is 265 g/mol. The van der Waals surface area contributed by atoms with Crippen LogP contribution in [0.1, 0.15) is 51.9 Å². The number of nitrogens with zero attached hydrogens (tertiary/aromatic N) is 3. The maximum atomic E-state index is 4.95. The van der Waals surface area contributed by atoms with E-state index in [-0.39, 0.29) is 0 Å². The minimum Gasteiger partial charge on any atom is -0.285 e. The number of imidazole rings is 1. The van der Waals surface area contributed by atoms with Crippen LogP contribution in [-0.4, -0.2) is 26.5 Å². The van der Waals surface area contributed by atoms with Gasteiger partial charge in [-0.05, 0) is 19.3 Å². The Morgan fingerprint density at radius 3 is 2.89 bits per heavy atom. The van der Waals surface area contributed by atoms with Gasteiger partial charge < -0.3 is 0 Å². The van der Waals surface area contributed by atoms with Crippen LogP contribution < -0.4 is 0 Å². The Bertz CT molecular complexity index is 353. The molecule has 0 aliphatic heterocycles. The Balaban J connectivity index is 2.00. The summed E-state index contributed by atoms with van der Waals surface area (Å²) in [6.07, 6.45) is 14.8. The summed E-state index contributed by atoms with van der Waals surface area (Å²) >= 11 is 1.87. The molecular formula is C14H23N3S. The number of hydrogen-bond acceptors (Lipinski definition) is 3. The van der Waals surface area contributed by atoms with E-state index >= 15 is 0 Å². The van der Waals surface area contributed by atoms with Gasteiger partial charge in [0.15, 0.2) is 5.17 Å². The third-order valence-corrected chi connectivity index (χ3v) is 4.39. The van der Waals surface area contributed by atoms with E-state index < -0.39 is 0 Å². The number of rotatable bonds is 4. The predicted octanol–water partition coefficient (Wildman–Crippen LogP) is 3.95. The highest BCUT2D eigenvalue weighted by Gasteiger charge is 2.14. The van der Waals surface area contributed by atoms with Crippen molar-refractivity contribution in [3.8, 4) is 0 Å². The molecule has 1 aromatic heterocycles. The van der Waals surface area contributed by atoms with E-state index in [0.29, 0.717) is 6.04 Å². The normalized spacial score (nSPS) is 18.2. The molecule has 1 saturated carbocycles. The highest BCUT2D eigenvalue weighted by Crippen LogP contribution is 2.22. The summed E-state index contributed by atoms with van der Waals surface area (Å²) in [5.74, 6) is 1.15. The second-order valence-electron chi connectivity index (χ2n) is 4.88. The van der Waals surface area contributed by atoms with Gasteiger partial charge in [0, 0.05) is 18.1 Å². The van der Waals surface area contributed by atoms with Crippen molar-refractivity contribution in [3.63, 3.8) is 0 Å². The molecule has 0 atom stereocenters. The Kier molecular flexibility index (Phi) is 5.78. The van der Waals surface area contributed by atoms with Crippen LogP contribution in [0.2, 0.25) is 0 Å². The third kappa shape index (κ3) is 4.16. The fraction of sp³-hybridized carbons (Fsp3) is 0.714. The average Bonchev–Trinajstić information content (AvgIpc) is 2.93. The summed E-state index contributed by atoms with van der Waals surface area (Å²) in [6, 6.07) is 0.533. The topological polar surface area (TPSA) is 30.2 Å². The predicted molar refractivity (Wildman–Crippen MR) is 79.3 cm³/mol. The SMILES string of the molecule is CCCCS/C(=N/C1CCCCC1)n1ccnc1. The van der Waals surface area contributed by atoms with Crippen molar-refractivity contribution in [2.24, 2.45) is 4.99 Å². The van der Waals surface area contributed by atoms with Crippen LogP contribution in [0.3, 0.4) is 0 Å². The van der Waals surface area contributed by atoms with Crippen molar-refractivity contribution in [3.05, 3.63) is 18.7 Å². The van der Waals surface area contributed by atoms with Gasteiger partial charge in [0.05, 0.1) is 6.04 Å². The Morgan fingerprint density at radius 1 is 1.39 bits per heavy atom. The van der Waals surface area contributed by atoms with E-state index in [9.17, 15) is 0 Å². The van der Waals surface area contributed by atoms with Crippen LogP contribution in [-0.2, 0) is 0 Å². The molecule has 3 nitrogen and oxygen atoms in total. The van der Waals surface area contributed by atoms with Crippen LogP contribution in [0.5, 0.6) is 0 Å². The number of aliphatic imine (C=N–C) groups is 1. The zero-order valence-corrected chi connectivity index (χ0v) is 12.0. The minimum absolute atomic E-state index is 0.533. The first-order chi connectivity index (χ1) is 8.90. The van der Waals surface area contributed by atoms with Crippen LogP contribution in [0.15, 0.2) is 23.7 Å². The highest BCUT2D eigenvalue weighted by atomic mass is 32.2. The second-order valence-corrected chi connectivity index (χ2v) is 5.94. The van der Waals surface area contributed by atoms with Crippen molar-refractivity contribution in [2.75, 3.05) is 5.75 Å². The summed E-state index contributed by atoms with van der Waals surface area (Å²) in [7, 11) is 0. The van der Waals surface area contributed by atoms with E-state index in [2.05, 4.69) is 16.5 Å². The maximum Gasteiger partial charge on any atom is 0.168 e. The molecular weight excluding hydrogens is 242 g/mol. The molecule has 0 amide bonds. The Hall–Kier alpha value is -0.770. The van der Waals surface area contributed by atoms with E-state index in [1.54, 1.807) is 0 Å². The van der Waals surface area contributed by atoms with Gasteiger partial charge in [0.1, 0.15) is 6.33 Å². The smallest absolute Gasteiger partial charge is 0.168 e. The van der Waals surface area contributed by atoms with Gasteiger partial charge in [-0.15, -0.1) is 0 Å². The molecule has 1 aliphatic rings. The quantitative estimate of drug-likeness (QED) is 0.469. The summed E-state index contributed by atoms with van der Waals surface area (Å²) in [6.45, 7) is 2.23. The van der Waals surface area contributed by atoms with Crippen molar-refractivity contribution in [1.82, 2.24) is 9.55 Å². The minimum atomic E-state index is 0.533. The third-order valence-electron chi connectivity index (χ3n) is 3.32. The molecule has 18 heavy (non-hydrogen) atoms. The lowest BCUT2D eigenvalue weighted by molar-refractivity contribution is 0.443. The maximum absolute atomic E-state index is 4.95. The van der Waals surface area contributed by atoms with Gasteiger partial charge in [0.25, 0.3) is 0 Å². The van der Waals surface area contributed by atoms with Gasteiger partial charge >= 0.3 is 0 Å². The molecule has 0 saturated heterocycles. The van der Waals surface area contributed by atoms with Crippen LogP contribution in [0.4, 0.5) is 0 Å². The van der Waals surface area contributed by atoms with Crippen molar-refractivity contribution in [1.29, 1.82) is 0 Å². The lowest BCUT2D eigenvalue weighted by Gasteiger charge is -2.19. The Morgan fingerprint density at radius 2 is 2.22 bits per heavy atom. The van der Waals surface area contributed by atoms with Gasteiger partial charge in [-0.3, -0.25) is 9.56 Å². The summed E-state index contributed by atoms with van der Waals surface area (Å²) < 4.78 is 2.06. The molecule has 4 heteroatoms. The number of aromatic nitrogens is 2. The molecule has 0 N–H and O–H groups in total. The lowest BCUT2D eigenvalue weighted by Crippen LogP contribution is -2.15. The van der Waals surface area contributed by atoms with E-state index in [0.717, 1.165) is 10.9 Å². The lowest BCUT2D eigenvalue weighted by atomic mass is 9.96. The molecule has 2 rings (SSSR count). The largest absolute Gasteiger partial charge is 0.285 e. The molecule has 0 bridgehead atoms. The molecule has 0 spiro atoms. The highest BCUT2D eigenvalue weighted by molar-refractivity contribution is 8.13. The van der Waals surface area contributed by atoms with Gasteiger partial charge in [0.2, 0.25) is 0 Å². The van der Waals surface area contributed by atoms with Crippen molar-refractivity contribution in [2.45, 2.75) is 57.9 Å². The van der Waals surface area contributed by atoms with Crippen LogP contribution >= 0.6 is 11.8 Å². The zero-order valence-electron chi connectivity index (χ0n) is 11.2. The molecule has 0 unspecified atom stereocenters. The molecule has 1 heterocycles. The molecule has 0 radical (unpaired) electrons.